The summed E-state index contributed by atoms with van der Waals surface area (Å²) < 4.78 is 6.02. The van der Waals surface area contributed by atoms with Crippen molar-refractivity contribution >= 4 is 0 Å². The minimum Gasteiger partial charge on any atom is -0.488 e. The first-order valence-corrected chi connectivity index (χ1v) is 7.35. The lowest BCUT2D eigenvalue weighted by Crippen LogP contribution is -2.29. The molecule has 1 heterocycles. The van der Waals surface area contributed by atoms with Gasteiger partial charge in [-0.1, -0.05) is 13.0 Å². The van der Waals surface area contributed by atoms with Crippen LogP contribution in [-0.4, -0.2) is 12.6 Å². The third kappa shape index (κ3) is 2.03. The van der Waals surface area contributed by atoms with Crippen molar-refractivity contribution in [2.24, 2.45) is 0 Å². The molecule has 1 aliphatic heterocycles. The minimum absolute atomic E-state index is 0.260. The molecule has 98 valence electrons. The number of rotatable bonds is 3. The molecular weight excluding hydrogens is 222 g/mol. The van der Waals surface area contributed by atoms with Gasteiger partial charge in [0, 0.05) is 5.56 Å². The van der Waals surface area contributed by atoms with E-state index in [0.717, 1.165) is 12.3 Å². The van der Waals surface area contributed by atoms with Crippen LogP contribution in [0.5, 0.6) is 5.75 Å². The Morgan fingerprint density at radius 1 is 1.22 bits per heavy atom. The molecule has 0 fully saturated rings. The van der Waals surface area contributed by atoms with Crippen LogP contribution in [0, 0.1) is 0 Å². The topological polar surface area (TPSA) is 21.3 Å². The number of nitrogens with one attached hydrogen (secondary N) is 1. The maximum atomic E-state index is 6.02. The summed E-state index contributed by atoms with van der Waals surface area (Å²) >= 11 is 0. The predicted octanol–water partition coefficient (Wildman–Crippen LogP) is 3.39. The van der Waals surface area contributed by atoms with Crippen LogP contribution in [0.2, 0.25) is 0 Å². The second-order valence-electron chi connectivity index (χ2n) is 5.62. The molecule has 2 atom stereocenters. The molecule has 0 aromatic heterocycles. The lowest BCUT2D eigenvalue weighted by Gasteiger charge is -2.18. The minimum atomic E-state index is 0.260. The van der Waals surface area contributed by atoms with E-state index in [4.69, 9.17) is 4.74 Å². The van der Waals surface area contributed by atoms with Gasteiger partial charge in [-0.25, -0.2) is 0 Å². The summed E-state index contributed by atoms with van der Waals surface area (Å²) in [6.45, 7) is 5.45. The number of benzene rings is 1. The highest BCUT2D eigenvalue weighted by atomic mass is 16.5. The van der Waals surface area contributed by atoms with Gasteiger partial charge >= 0.3 is 0 Å². The standard InChI is InChI=1S/C16H23NO/c1-3-8-17-16-11(2)18-15-10-13-7-5-4-6-12(13)9-14(15)16/h9-11,16-17H,3-8H2,1-2H3. The Kier molecular flexibility index (Phi) is 3.29. The second kappa shape index (κ2) is 4.93. The van der Waals surface area contributed by atoms with Crippen molar-refractivity contribution in [1.82, 2.24) is 5.32 Å². The Morgan fingerprint density at radius 2 is 1.94 bits per heavy atom. The van der Waals surface area contributed by atoms with Crippen molar-refractivity contribution in [2.75, 3.05) is 6.54 Å². The van der Waals surface area contributed by atoms with E-state index in [0.29, 0.717) is 6.04 Å². The van der Waals surface area contributed by atoms with E-state index in [2.05, 4.69) is 31.3 Å². The van der Waals surface area contributed by atoms with Crippen LogP contribution in [-0.2, 0) is 12.8 Å². The van der Waals surface area contributed by atoms with Gasteiger partial charge in [-0.15, -0.1) is 0 Å². The van der Waals surface area contributed by atoms with Gasteiger partial charge in [0.2, 0.25) is 0 Å². The zero-order chi connectivity index (χ0) is 12.5. The van der Waals surface area contributed by atoms with Gasteiger partial charge in [0.15, 0.2) is 0 Å². The average molecular weight is 245 g/mol. The first-order valence-electron chi connectivity index (χ1n) is 7.35. The molecule has 2 aliphatic rings. The summed E-state index contributed by atoms with van der Waals surface area (Å²) in [7, 11) is 0. The van der Waals surface area contributed by atoms with E-state index in [1.165, 1.54) is 43.2 Å². The molecule has 0 radical (unpaired) electrons. The highest BCUT2D eigenvalue weighted by Gasteiger charge is 2.31. The highest BCUT2D eigenvalue weighted by molar-refractivity contribution is 5.48. The Morgan fingerprint density at radius 3 is 2.67 bits per heavy atom. The van der Waals surface area contributed by atoms with Gasteiger partial charge in [0.25, 0.3) is 0 Å². The third-order valence-corrected chi connectivity index (χ3v) is 4.21. The van der Waals surface area contributed by atoms with Crippen LogP contribution in [0.25, 0.3) is 0 Å². The smallest absolute Gasteiger partial charge is 0.125 e. The van der Waals surface area contributed by atoms with E-state index in [1.807, 2.05) is 0 Å². The molecule has 2 nitrogen and oxygen atoms in total. The first kappa shape index (κ1) is 12.0. The molecule has 0 bridgehead atoms. The van der Waals surface area contributed by atoms with Crippen molar-refractivity contribution in [3.63, 3.8) is 0 Å². The SMILES string of the molecule is CCCNC1c2cc3c(cc2OC1C)CCCC3. The number of hydrogen-bond donors (Lipinski definition) is 1. The number of ether oxygens (including phenoxy) is 1. The summed E-state index contributed by atoms with van der Waals surface area (Å²) in [6, 6.07) is 5.08. The normalized spacial score (nSPS) is 25.4. The number of fused-ring (bicyclic) bond motifs is 2. The lowest BCUT2D eigenvalue weighted by atomic mass is 9.88. The molecular formula is C16H23NO. The van der Waals surface area contributed by atoms with Crippen LogP contribution in [0.4, 0.5) is 0 Å². The Bertz CT molecular complexity index is 441. The van der Waals surface area contributed by atoms with Gasteiger partial charge in [-0.2, -0.15) is 0 Å². The summed E-state index contributed by atoms with van der Waals surface area (Å²) in [6.07, 6.45) is 6.58. The predicted molar refractivity (Wildman–Crippen MR) is 74.2 cm³/mol. The summed E-state index contributed by atoms with van der Waals surface area (Å²) in [5.74, 6) is 1.12. The average Bonchev–Trinajstić information content (AvgIpc) is 2.68. The van der Waals surface area contributed by atoms with E-state index in [1.54, 1.807) is 5.56 Å². The molecule has 0 amide bonds. The van der Waals surface area contributed by atoms with Gasteiger partial charge in [0.1, 0.15) is 11.9 Å². The summed E-state index contributed by atoms with van der Waals surface area (Å²) in [5.41, 5.74) is 4.46. The molecule has 18 heavy (non-hydrogen) atoms. The van der Waals surface area contributed by atoms with Crippen molar-refractivity contribution in [2.45, 2.75) is 58.1 Å². The molecule has 2 heteroatoms. The first-order chi connectivity index (χ1) is 8.79. The molecule has 0 spiro atoms. The largest absolute Gasteiger partial charge is 0.488 e. The molecule has 3 rings (SSSR count). The second-order valence-corrected chi connectivity index (χ2v) is 5.62. The van der Waals surface area contributed by atoms with E-state index in [-0.39, 0.29) is 6.10 Å². The van der Waals surface area contributed by atoms with E-state index < -0.39 is 0 Å². The van der Waals surface area contributed by atoms with Crippen molar-refractivity contribution < 1.29 is 4.74 Å². The number of hydrogen-bond acceptors (Lipinski definition) is 2. The molecule has 1 aromatic rings. The van der Waals surface area contributed by atoms with Gasteiger partial charge in [-0.05, 0) is 62.8 Å². The zero-order valence-corrected chi connectivity index (χ0v) is 11.5. The Labute approximate surface area is 110 Å². The van der Waals surface area contributed by atoms with Gasteiger partial charge < -0.3 is 10.1 Å². The Balaban J connectivity index is 1.91. The van der Waals surface area contributed by atoms with Crippen LogP contribution < -0.4 is 10.1 Å². The molecule has 2 unspecified atom stereocenters. The van der Waals surface area contributed by atoms with Gasteiger partial charge in [0.05, 0.1) is 6.04 Å². The molecule has 1 aliphatic carbocycles. The van der Waals surface area contributed by atoms with Crippen molar-refractivity contribution in [3.8, 4) is 5.75 Å². The van der Waals surface area contributed by atoms with E-state index >= 15 is 0 Å². The zero-order valence-electron chi connectivity index (χ0n) is 11.5. The third-order valence-electron chi connectivity index (χ3n) is 4.21. The fourth-order valence-electron chi connectivity index (χ4n) is 3.22. The summed E-state index contributed by atoms with van der Waals surface area (Å²) in [4.78, 5) is 0. The van der Waals surface area contributed by atoms with Crippen LogP contribution in [0.1, 0.15) is 55.8 Å². The van der Waals surface area contributed by atoms with Crippen LogP contribution >= 0.6 is 0 Å². The lowest BCUT2D eigenvalue weighted by molar-refractivity contribution is 0.209. The fourth-order valence-corrected chi connectivity index (χ4v) is 3.22. The van der Waals surface area contributed by atoms with E-state index in [9.17, 15) is 0 Å². The van der Waals surface area contributed by atoms with Crippen LogP contribution in [0.3, 0.4) is 0 Å². The molecule has 0 saturated carbocycles. The quantitative estimate of drug-likeness (QED) is 0.881. The van der Waals surface area contributed by atoms with Crippen LogP contribution in [0.15, 0.2) is 12.1 Å². The maximum absolute atomic E-state index is 6.02. The summed E-state index contributed by atoms with van der Waals surface area (Å²) in [5, 5.41) is 3.62. The van der Waals surface area contributed by atoms with Gasteiger partial charge in [-0.3, -0.25) is 0 Å². The highest BCUT2D eigenvalue weighted by Crippen LogP contribution is 2.40. The van der Waals surface area contributed by atoms with Crippen molar-refractivity contribution in [3.05, 3.63) is 28.8 Å². The maximum Gasteiger partial charge on any atom is 0.125 e. The van der Waals surface area contributed by atoms with Crippen molar-refractivity contribution in [1.29, 1.82) is 0 Å². The Hall–Kier alpha value is -1.02. The number of aryl methyl sites for hydroxylation is 2. The monoisotopic (exact) mass is 245 g/mol. The molecule has 0 saturated heterocycles. The molecule has 1 aromatic carbocycles. The molecule has 1 N–H and O–H groups in total. The fraction of sp³-hybridized carbons (Fsp3) is 0.625.